The molecule has 9 heteroatoms. The average molecular weight is 402 g/mol. The van der Waals surface area contributed by atoms with Gasteiger partial charge in [0.25, 0.3) is 10.1 Å². The summed E-state index contributed by atoms with van der Waals surface area (Å²) in [6.45, 7) is 3.55. The Labute approximate surface area is 159 Å². The molecule has 0 aliphatic rings. The molecule has 0 spiro atoms. The quantitative estimate of drug-likeness (QED) is 0.242. The van der Waals surface area contributed by atoms with Gasteiger partial charge in [0.1, 0.15) is 11.5 Å². The number of aliphatic hydroxyl groups is 1. The number of ketones is 1. The Morgan fingerprint density at radius 3 is 2.33 bits per heavy atom. The van der Waals surface area contributed by atoms with Crippen LogP contribution in [0.5, 0.6) is 5.75 Å². The van der Waals surface area contributed by atoms with Crippen molar-refractivity contribution in [3.8, 4) is 5.75 Å². The fraction of sp³-hybridized carbons (Fsp3) is 0.556. The minimum atomic E-state index is -3.71. The Balaban J connectivity index is 2.66. The first-order valence-corrected chi connectivity index (χ1v) is 10.1. The van der Waals surface area contributed by atoms with Crippen molar-refractivity contribution in [1.82, 2.24) is 0 Å². The highest BCUT2D eigenvalue weighted by molar-refractivity contribution is 7.86. The number of ether oxygens (including phenoxy) is 2. The number of benzene rings is 1. The van der Waals surface area contributed by atoms with E-state index in [4.69, 9.17) is 9.47 Å². The molecule has 0 aromatic heterocycles. The lowest BCUT2D eigenvalue weighted by molar-refractivity contribution is -0.140. The zero-order valence-electron chi connectivity index (χ0n) is 15.7. The zero-order chi connectivity index (χ0) is 20.4. The first-order chi connectivity index (χ1) is 12.7. The zero-order valence-corrected chi connectivity index (χ0v) is 16.5. The predicted molar refractivity (Wildman–Crippen MR) is 97.6 cm³/mol. The van der Waals surface area contributed by atoms with Crippen LogP contribution in [-0.2, 0) is 35.0 Å². The molecule has 2 atom stereocenters. The van der Waals surface area contributed by atoms with Crippen LogP contribution in [0.3, 0.4) is 0 Å². The minimum absolute atomic E-state index is 0.0460. The first kappa shape index (κ1) is 23.2. The van der Waals surface area contributed by atoms with Gasteiger partial charge in [-0.3, -0.25) is 8.98 Å². The molecule has 0 saturated heterocycles. The lowest BCUT2D eigenvalue weighted by Crippen LogP contribution is -2.27. The number of Topliss-reactive ketones (excluding diaryl/α,β-unsaturated/α-hetero) is 1. The van der Waals surface area contributed by atoms with Gasteiger partial charge < -0.3 is 19.4 Å². The molecule has 1 aromatic carbocycles. The van der Waals surface area contributed by atoms with Crippen LogP contribution in [0.4, 0.5) is 0 Å². The fourth-order valence-electron chi connectivity index (χ4n) is 2.42. The van der Waals surface area contributed by atoms with Crippen molar-refractivity contribution in [2.24, 2.45) is 5.92 Å². The van der Waals surface area contributed by atoms with E-state index in [1.54, 1.807) is 31.2 Å². The van der Waals surface area contributed by atoms with Crippen LogP contribution in [0.25, 0.3) is 0 Å². The third kappa shape index (κ3) is 9.09. The van der Waals surface area contributed by atoms with Crippen molar-refractivity contribution in [3.05, 3.63) is 29.8 Å². The number of hydrogen-bond acceptors (Lipinski definition) is 8. The molecule has 152 valence electrons. The van der Waals surface area contributed by atoms with Crippen molar-refractivity contribution >= 4 is 21.9 Å². The Bertz CT molecular complexity index is 711. The SMILES string of the molecule is CCOC(O)C(CC(C)=O)Cc1ccc(OC(=O)CCS(=O)(=O)OC)cc1. The molecule has 0 amide bonds. The highest BCUT2D eigenvalue weighted by atomic mass is 32.2. The fourth-order valence-corrected chi connectivity index (χ4v) is 3.00. The van der Waals surface area contributed by atoms with E-state index in [1.807, 2.05) is 0 Å². The standard InChI is InChI=1S/C18H26O8S/c1-4-25-18(21)15(11-13(2)19)12-14-5-7-16(8-6-14)26-17(20)9-10-27(22,23)24-3/h5-8,15,18,21H,4,9-12H2,1-3H3. The number of esters is 1. The molecule has 0 saturated carbocycles. The third-order valence-electron chi connectivity index (χ3n) is 3.75. The van der Waals surface area contributed by atoms with Crippen molar-refractivity contribution in [2.75, 3.05) is 19.5 Å². The van der Waals surface area contributed by atoms with E-state index in [0.717, 1.165) is 12.7 Å². The van der Waals surface area contributed by atoms with E-state index in [9.17, 15) is 23.1 Å². The molecule has 2 unspecified atom stereocenters. The highest BCUT2D eigenvalue weighted by Gasteiger charge is 2.22. The van der Waals surface area contributed by atoms with Gasteiger partial charge in [-0.1, -0.05) is 12.1 Å². The summed E-state index contributed by atoms with van der Waals surface area (Å²) in [7, 11) is -2.68. The van der Waals surface area contributed by atoms with E-state index >= 15 is 0 Å². The summed E-state index contributed by atoms with van der Waals surface area (Å²) in [6.07, 6.45) is -0.759. The van der Waals surface area contributed by atoms with E-state index in [0.29, 0.717) is 13.0 Å². The maximum absolute atomic E-state index is 11.7. The summed E-state index contributed by atoms with van der Waals surface area (Å²) in [5, 5.41) is 10.0. The third-order valence-corrected chi connectivity index (χ3v) is 4.97. The molecule has 0 aliphatic heterocycles. The second-order valence-corrected chi connectivity index (χ2v) is 7.87. The number of aliphatic hydroxyl groups excluding tert-OH is 1. The molecule has 0 heterocycles. The molecule has 27 heavy (non-hydrogen) atoms. The van der Waals surface area contributed by atoms with Crippen molar-refractivity contribution < 1.29 is 36.8 Å². The number of rotatable bonds is 12. The van der Waals surface area contributed by atoms with Crippen LogP contribution in [0.1, 0.15) is 32.3 Å². The summed E-state index contributed by atoms with van der Waals surface area (Å²) >= 11 is 0. The van der Waals surface area contributed by atoms with Gasteiger partial charge in [-0.05, 0) is 38.0 Å². The lowest BCUT2D eigenvalue weighted by Gasteiger charge is -2.22. The van der Waals surface area contributed by atoms with Gasteiger partial charge in [0.2, 0.25) is 0 Å². The first-order valence-electron chi connectivity index (χ1n) is 8.53. The molecular formula is C18H26O8S. The maximum atomic E-state index is 11.7. The van der Waals surface area contributed by atoms with Crippen LogP contribution < -0.4 is 4.74 Å². The smallest absolute Gasteiger partial charge is 0.312 e. The van der Waals surface area contributed by atoms with Crippen LogP contribution in [0, 0.1) is 5.92 Å². The molecule has 0 fully saturated rings. The summed E-state index contributed by atoms with van der Waals surface area (Å²) in [6, 6.07) is 6.55. The van der Waals surface area contributed by atoms with E-state index in [-0.39, 0.29) is 30.3 Å². The average Bonchev–Trinajstić information content (AvgIpc) is 2.61. The van der Waals surface area contributed by atoms with Crippen LogP contribution >= 0.6 is 0 Å². The Kier molecular flexibility index (Phi) is 9.57. The largest absolute Gasteiger partial charge is 0.427 e. The normalized spacial score (nSPS) is 13.8. The molecule has 0 aliphatic carbocycles. The van der Waals surface area contributed by atoms with E-state index < -0.39 is 28.1 Å². The van der Waals surface area contributed by atoms with Gasteiger partial charge >= 0.3 is 5.97 Å². The number of carbonyl (C=O) groups excluding carboxylic acids is 2. The summed E-state index contributed by atoms with van der Waals surface area (Å²) in [5.41, 5.74) is 0.835. The molecule has 0 bridgehead atoms. The molecule has 8 nitrogen and oxygen atoms in total. The molecule has 1 rings (SSSR count). The summed E-state index contributed by atoms with van der Waals surface area (Å²) in [5.74, 6) is -1.30. The number of hydrogen-bond donors (Lipinski definition) is 1. The monoisotopic (exact) mass is 402 g/mol. The predicted octanol–water partition coefficient (Wildman–Crippen LogP) is 1.45. The van der Waals surface area contributed by atoms with Gasteiger partial charge in [0, 0.05) is 18.9 Å². The van der Waals surface area contributed by atoms with Crippen LogP contribution in [0.15, 0.2) is 24.3 Å². The Morgan fingerprint density at radius 1 is 1.19 bits per heavy atom. The van der Waals surface area contributed by atoms with Crippen LogP contribution in [0.2, 0.25) is 0 Å². The second kappa shape index (κ2) is 11.1. The number of carbonyl (C=O) groups is 2. The van der Waals surface area contributed by atoms with Crippen LogP contribution in [-0.4, -0.2) is 51.0 Å². The lowest BCUT2D eigenvalue weighted by atomic mass is 9.94. The molecule has 0 radical (unpaired) electrons. The highest BCUT2D eigenvalue weighted by Crippen LogP contribution is 2.20. The summed E-state index contributed by atoms with van der Waals surface area (Å²) in [4.78, 5) is 23.1. The molecular weight excluding hydrogens is 376 g/mol. The second-order valence-electron chi connectivity index (χ2n) is 6.01. The van der Waals surface area contributed by atoms with Crippen molar-refractivity contribution in [1.29, 1.82) is 0 Å². The molecule has 1 aromatic rings. The minimum Gasteiger partial charge on any atom is -0.427 e. The van der Waals surface area contributed by atoms with Gasteiger partial charge in [0.15, 0.2) is 6.29 Å². The topological polar surface area (TPSA) is 116 Å². The van der Waals surface area contributed by atoms with Gasteiger partial charge in [0.05, 0.1) is 19.3 Å². The molecule has 1 N–H and O–H groups in total. The van der Waals surface area contributed by atoms with Crippen molar-refractivity contribution in [2.45, 2.75) is 39.4 Å². The van der Waals surface area contributed by atoms with E-state index in [1.165, 1.54) is 6.92 Å². The van der Waals surface area contributed by atoms with Gasteiger partial charge in [-0.15, -0.1) is 0 Å². The summed E-state index contributed by atoms with van der Waals surface area (Å²) < 4.78 is 36.9. The maximum Gasteiger partial charge on any atom is 0.312 e. The Hall–Kier alpha value is -1.81. The van der Waals surface area contributed by atoms with Crippen molar-refractivity contribution in [3.63, 3.8) is 0 Å². The van der Waals surface area contributed by atoms with Gasteiger partial charge in [-0.2, -0.15) is 8.42 Å². The van der Waals surface area contributed by atoms with Gasteiger partial charge in [-0.25, -0.2) is 0 Å². The Morgan fingerprint density at radius 2 is 1.81 bits per heavy atom. The van der Waals surface area contributed by atoms with E-state index in [2.05, 4.69) is 4.18 Å².